The van der Waals surface area contributed by atoms with E-state index in [-0.39, 0.29) is 11.6 Å². The summed E-state index contributed by atoms with van der Waals surface area (Å²) in [5.74, 6) is -0.953. The van der Waals surface area contributed by atoms with Crippen LogP contribution >= 0.6 is 0 Å². The zero-order valence-corrected chi connectivity index (χ0v) is 11.0. The molecule has 1 aromatic carbocycles. The zero-order chi connectivity index (χ0) is 13.7. The molecule has 0 fully saturated rings. The second kappa shape index (κ2) is 6.78. The highest BCUT2D eigenvalue weighted by Crippen LogP contribution is 2.17. The summed E-state index contributed by atoms with van der Waals surface area (Å²) < 4.78 is 31.6. The number of halogens is 2. The fraction of sp³-hybridized carbons (Fsp3) is 0.538. The van der Waals surface area contributed by atoms with Gasteiger partial charge in [0, 0.05) is 31.3 Å². The van der Waals surface area contributed by atoms with E-state index in [1.165, 1.54) is 0 Å². The number of nitrogens with two attached hydrogens (primary N) is 1. The number of ether oxygens (including phenoxy) is 1. The fourth-order valence-electron chi connectivity index (χ4n) is 1.76. The molecule has 0 saturated heterocycles. The van der Waals surface area contributed by atoms with Gasteiger partial charge in [-0.3, -0.25) is 4.90 Å². The van der Waals surface area contributed by atoms with Gasteiger partial charge in [0.25, 0.3) is 0 Å². The number of likely N-dealkylation sites (N-methyl/N-ethyl adjacent to an activating group) is 1. The minimum absolute atomic E-state index is 0.165. The lowest BCUT2D eigenvalue weighted by molar-refractivity contribution is 0.112. The van der Waals surface area contributed by atoms with Gasteiger partial charge in [0.05, 0.1) is 6.61 Å². The molecule has 0 heterocycles. The summed E-state index contributed by atoms with van der Waals surface area (Å²) in [5.41, 5.74) is 6.11. The average molecular weight is 258 g/mol. The predicted octanol–water partition coefficient (Wildman–Crippen LogP) is 1.93. The molecule has 0 aliphatic carbocycles. The van der Waals surface area contributed by atoms with E-state index >= 15 is 0 Å². The van der Waals surface area contributed by atoms with Crippen molar-refractivity contribution in [1.82, 2.24) is 4.90 Å². The van der Waals surface area contributed by atoms with Crippen LogP contribution in [0.2, 0.25) is 0 Å². The maximum atomic E-state index is 13.5. The quantitative estimate of drug-likeness (QED) is 0.847. The van der Waals surface area contributed by atoms with Gasteiger partial charge in [-0.2, -0.15) is 0 Å². The van der Waals surface area contributed by atoms with Crippen molar-refractivity contribution < 1.29 is 13.5 Å². The largest absolute Gasteiger partial charge is 0.383 e. The fourth-order valence-corrected chi connectivity index (χ4v) is 1.76. The molecular formula is C13H20F2N2O. The first kappa shape index (κ1) is 15.0. The number of nitrogens with zero attached hydrogens (tertiary/aromatic N) is 1. The van der Waals surface area contributed by atoms with E-state index in [9.17, 15) is 8.78 Å². The van der Waals surface area contributed by atoms with Crippen LogP contribution in [0.3, 0.4) is 0 Å². The van der Waals surface area contributed by atoms with Gasteiger partial charge in [-0.05, 0) is 32.2 Å². The first-order valence-corrected chi connectivity index (χ1v) is 5.85. The summed E-state index contributed by atoms with van der Waals surface area (Å²) in [6.07, 6.45) is 0. The lowest BCUT2D eigenvalue weighted by atomic mass is 10.1. The third-order valence-corrected chi connectivity index (χ3v) is 3.00. The average Bonchev–Trinajstić information content (AvgIpc) is 2.32. The van der Waals surface area contributed by atoms with Gasteiger partial charge in [-0.1, -0.05) is 0 Å². The Morgan fingerprint density at radius 3 is 2.67 bits per heavy atom. The molecule has 0 aliphatic rings. The molecule has 1 rings (SSSR count). The smallest absolute Gasteiger partial charge is 0.128 e. The molecule has 0 saturated carbocycles. The van der Waals surface area contributed by atoms with Crippen molar-refractivity contribution in [2.24, 2.45) is 5.73 Å². The Balaban J connectivity index is 2.69. The predicted molar refractivity (Wildman–Crippen MR) is 67.3 cm³/mol. The van der Waals surface area contributed by atoms with Gasteiger partial charge in [0.1, 0.15) is 11.6 Å². The monoisotopic (exact) mass is 258 g/mol. The van der Waals surface area contributed by atoms with Crippen LogP contribution in [-0.2, 0) is 4.74 Å². The number of hydrogen-bond donors (Lipinski definition) is 1. The van der Waals surface area contributed by atoms with Crippen LogP contribution in [0.1, 0.15) is 18.5 Å². The topological polar surface area (TPSA) is 38.5 Å². The molecular weight excluding hydrogens is 238 g/mol. The Morgan fingerprint density at radius 2 is 2.06 bits per heavy atom. The van der Waals surface area contributed by atoms with Gasteiger partial charge in [-0.25, -0.2) is 8.78 Å². The molecule has 18 heavy (non-hydrogen) atoms. The molecule has 0 spiro atoms. The van der Waals surface area contributed by atoms with E-state index in [1.807, 2.05) is 18.9 Å². The number of hydrogen-bond acceptors (Lipinski definition) is 3. The van der Waals surface area contributed by atoms with Crippen LogP contribution in [-0.4, -0.2) is 38.3 Å². The van der Waals surface area contributed by atoms with E-state index < -0.39 is 17.7 Å². The normalized spacial score (nSPS) is 14.8. The van der Waals surface area contributed by atoms with Crippen LogP contribution in [0, 0.1) is 11.6 Å². The van der Waals surface area contributed by atoms with Crippen LogP contribution in [0.25, 0.3) is 0 Å². The van der Waals surface area contributed by atoms with Crippen molar-refractivity contribution in [2.75, 3.05) is 27.3 Å². The summed E-state index contributed by atoms with van der Waals surface area (Å²) in [7, 11) is 3.50. The molecule has 0 amide bonds. The third kappa shape index (κ3) is 4.01. The summed E-state index contributed by atoms with van der Waals surface area (Å²) >= 11 is 0. The Labute approximate surface area is 107 Å². The number of rotatable bonds is 6. The Bertz CT molecular complexity index is 387. The summed E-state index contributed by atoms with van der Waals surface area (Å²) in [5, 5.41) is 0. The first-order chi connectivity index (χ1) is 8.45. The minimum Gasteiger partial charge on any atom is -0.383 e. The summed E-state index contributed by atoms with van der Waals surface area (Å²) in [6.45, 7) is 2.98. The third-order valence-electron chi connectivity index (χ3n) is 3.00. The van der Waals surface area contributed by atoms with Crippen molar-refractivity contribution in [1.29, 1.82) is 0 Å². The van der Waals surface area contributed by atoms with Crippen LogP contribution in [0.4, 0.5) is 8.78 Å². The van der Waals surface area contributed by atoms with Crippen molar-refractivity contribution in [3.05, 3.63) is 35.4 Å². The molecule has 2 unspecified atom stereocenters. The van der Waals surface area contributed by atoms with Crippen LogP contribution in [0.15, 0.2) is 18.2 Å². The van der Waals surface area contributed by atoms with Gasteiger partial charge in [-0.15, -0.1) is 0 Å². The van der Waals surface area contributed by atoms with Gasteiger partial charge >= 0.3 is 0 Å². The molecule has 0 bridgehead atoms. The Hall–Kier alpha value is -1.04. The molecule has 102 valence electrons. The Morgan fingerprint density at radius 1 is 1.39 bits per heavy atom. The second-order valence-corrected chi connectivity index (χ2v) is 4.52. The van der Waals surface area contributed by atoms with E-state index in [0.717, 1.165) is 18.2 Å². The first-order valence-electron chi connectivity index (χ1n) is 5.85. The minimum atomic E-state index is -0.565. The number of methoxy groups -OCH3 is 1. The molecule has 1 aromatic rings. The molecule has 5 heteroatoms. The van der Waals surface area contributed by atoms with Gasteiger partial charge in [0.2, 0.25) is 0 Å². The van der Waals surface area contributed by atoms with Crippen LogP contribution < -0.4 is 5.73 Å². The summed E-state index contributed by atoms with van der Waals surface area (Å²) in [4.78, 5) is 1.96. The van der Waals surface area contributed by atoms with Crippen molar-refractivity contribution in [3.63, 3.8) is 0 Å². The Kier molecular flexibility index (Phi) is 5.65. The molecule has 0 radical (unpaired) electrons. The lowest BCUT2D eigenvalue weighted by Gasteiger charge is -2.27. The number of benzene rings is 1. The standard InChI is InChI=1S/C13H20F2N2O/c1-9(8-18-3)17(2)7-13(16)11-6-10(14)4-5-12(11)15/h4-6,9,13H,7-8,16H2,1-3H3. The lowest BCUT2D eigenvalue weighted by Crippen LogP contribution is -2.38. The molecule has 2 N–H and O–H groups in total. The maximum Gasteiger partial charge on any atom is 0.128 e. The highest BCUT2D eigenvalue weighted by atomic mass is 19.1. The van der Waals surface area contributed by atoms with E-state index in [4.69, 9.17) is 10.5 Å². The highest BCUT2D eigenvalue weighted by Gasteiger charge is 2.17. The van der Waals surface area contributed by atoms with Crippen LogP contribution in [0.5, 0.6) is 0 Å². The molecule has 0 aromatic heterocycles. The second-order valence-electron chi connectivity index (χ2n) is 4.52. The highest BCUT2D eigenvalue weighted by molar-refractivity contribution is 5.22. The maximum absolute atomic E-state index is 13.5. The van der Waals surface area contributed by atoms with Gasteiger partial charge < -0.3 is 10.5 Å². The van der Waals surface area contributed by atoms with Gasteiger partial charge in [0.15, 0.2) is 0 Å². The van der Waals surface area contributed by atoms with Crippen molar-refractivity contribution >= 4 is 0 Å². The molecule has 2 atom stereocenters. The van der Waals surface area contributed by atoms with Crippen molar-refractivity contribution in [3.8, 4) is 0 Å². The van der Waals surface area contributed by atoms with E-state index in [0.29, 0.717) is 13.2 Å². The molecule has 0 aliphatic heterocycles. The zero-order valence-electron chi connectivity index (χ0n) is 11.0. The van der Waals surface area contributed by atoms with Crippen molar-refractivity contribution in [2.45, 2.75) is 19.0 Å². The summed E-state index contributed by atoms with van der Waals surface area (Å²) in [6, 6.07) is 2.93. The SMILES string of the molecule is COCC(C)N(C)CC(N)c1cc(F)ccc1F. The van der Waals surface area contributed by atoms with E-state index in [2.05, 4.69) is 0 Å². The van der Waals surface area contributed by atoms with E-state index in [1.54, 1.807) is 7.11 Å². The molecule has 3 nitrogen and oxygen atoms in total.